The summed E-state index contributed by atoms with van der Waals surface area (Å²) in [5, 5.41) is 0. The highest BCUT2D eigenvalue weighted by Gasteiger charge is 2.20. The molecular weight excluding hydrogens is 371 g/mol. The number of methoxy groups -OCH3 is 1. The van der Waals surface area contributed by atoms with Crippen molar-refractivity contribution >= 4 is 11.6 Å². The number of benzene rings is 2. The van der Waals surface area contributed by atoms with E-state index in [1.807, 2.05) is 27.7 Å². The maximum absolute atomic E-state index is 13.7. The van der Waals surface area contributed by atoms with Gasteiger partial charge in [0.15, 0.2) is 11.6 Å². The van der Waals surface area contributed by atoms with Gasteiger partial charge in [0, 0.05) is 18.4 Å². The molecular formula is C24H29FO4. The number of carbonyl (C=O) groups excluding carboxylic acids is 2. The molecule has 0 N–H and O–H groups in total. The van der Waals surface area contributed by atoms with Gasteiger partial charge in [-0.05, 0) is 36.1 Å². The van der Waals surface area contributed by atoms with E-state index in [-0.39, 0.29) is 35.6 Å². The molecule has 2 aromatic carbocycles. The molecule has 0 aliphatic heterocycles. The average molecular weight is 400 g/mol. The first-order chi connectivity index (χ1) is 13.7. The van der Waals surface area contributed by atoms with Crippen molar-refractivity contribution in [3.05, 3.63) is 58.9 Å². The lowest BCUT2D eigenvalue weighted by Gasteiger charge is -2.16. The lowest BCUT2D eigenvalue weighted by atomic mass is 9.96. The van der Waals surface area contributed by atoms with Crippen LogP contribution in [0.5, 0.6) is 11.5 Å². The second-order valence-corrected chi connectivity index (χ2v) is 7.97. The summed E-state index contributed by atoms with van der Waals surface area (Å²) in [7, 11) is 1.52. The molecule has 5 heteroatoms. The molecule has 4 nitrogen and oxygen atoms in total. The summed E-state index contributed by atoms with van der Waals surface area (Å²) in [6.45, 7) is 7.90. The molecule has 0 spiro atoms. The minimum atomic E-state index is -0.487. The van der Waals surface area contributed by atoms with Crippen LogP contribution in [0.4, 0.5) is 4.39 Å². The number of Topliss-reactive ketones (excluding diaryl/α,β-unsaturated/α-hetero) is 2. The van der Waals surface area contributed by atoms with E-state index in [1.54, 1.807) is 18.2 Å². The van der Waals surface area contributed by atoms with Crippen LogP contribution in [-0.4, -0.2) is 18.7 Å². The van der Waals surface area contributed by atoms with Crippen molar-refractivity contribution in [1.29, 1.82) is 0 Å². The fraction of sp³-hybridized carbons (Fsp3) is 0.417. The summed E-state index contributed by atoms with van der Waals surface area (Å²) in [6.07, 6.45) is 0.694. The van der Waals surface area contributed by atoms with Gasteiger partial charge >= 0.3 is 0 Å². The molecule has 0 radical (unpaired) electrons. The van der Waals surface area contributed by atoms with Crippen molar-refractivity contribution in [2.45, 2.75) is 47.1 Å². The van der Waals surface area contributed by atoms with Crippen molar-refractivity contribution in [3.8, 4) is 11.5 Å². The average Bonchev–Trinajstić information content (AvgIpc) is 2.65. The number of hydrogen-bond donors (Lipinski definition) is 0. The van der Waals surface area contributed by atoms with Crippen molar-refractivity contribution in [2.75, 3.05) is 7.11 Å². The maximum atomic E-state index is 13.7. The molecule has 0 aliphatic carbocycles. The molecule has 0 saturated heterocycles. The monoisotopic (exact) mass is 400 g/mol. The molecule has 0 heterocycles. The fourth-order valence-corrected chi connectivity index (χ4v) is 3.14. The zero-order chi connectivity index (χ0) is 21.6. The standard InChI is InChI=1S/C24H29FO4/c1-15(2)11-20(26)19-13-18(25)9-10-22(19)29-14-17-7-6-8-23(28-5)24(17)21(27)12-16(3)4/h6-10,13,15-16H,11-12,14H2,1-5H3. The smallest absolute Gasteiger partial charge is 0.167 e. The van der Waals surface area contributed by atoms with Gasteiger partial charge in [-0.1, -0.05) is 39.8 Å². The van der Waals surface area contributed by atoms with Gasteiger partial charge in [-0.15, -0.1) is 0 Å². The second-order valence-electron chi connectivity index (χ2n) is 7.97. The number of halogens is 1. The lowest BCUT2D eigenvalue weighted by Crippen LogP contribution is -2.12. The van der Waals surface area contributed by atoms with Crippen molar-refractivity contribution in [2.24, 2.45) is 11.8 Å². The summed E-state index contributed by atoms with van der Waals surface area (Å²) < 4.78 is 25.0. The van der Waals surface area contributed by atoms with Gasteiger partial charge < -0.3 is 9.47 Å². The molecule has 0 amide bonds. The topological polar surface area (TPSA) is 52.6 Å². The zero-order valence-corrected chi connectivity index (χ0v) is 17.8. The first-order valence-corrected chi connectivity index (χ1v) is 9.87. The molecule has 29 heavy (non-hydrogen) atoms. The molecule has 0 aromatic heterocycles. The predicted octanol–water partition coefficient (Wildman–Crippen LogP) is 5.87. The van der Waals surface area contributed by atoms with Gasteiger partial charge in [0.05, 0.1) is 18.2 Å². The number of hydrogen-bond acceptors (Lipinski definition) is 4. The molecule has 0 atom stereocenters. The Balaban J connectivity index is 2.33. The molecule has 0 saturated carbocycles. The van der Waals surface area contributed by atoms with Crippen LogP contribution in [-0.2, 0) is 6.61 Å². The van der Waals surface area contributed by atoms with E-state index in [1.165, 1.54) is 25.3 Å². The van der Waals surface area contributed by atoms with E-state index in [9.17, 15) is 14.0 Å². The summed E-state index contributed by atoms with van der Waals surface area (Å²) in [6, 6.07) is 9.26. The van der Waals surface area contributed by atoms with Crippen molar-refractivity contribution < 1.29 is 23.5 Å². The van der Waals surface area contributed by atoms with E-state index < -0.39 is 5.82 Å². The molecule has 0 fully saturated rings. The molecule has 0 bridgehead atoms. The highest BCUT2D eigenvalue weighted by Crippen LogP contribution is 2.28. The largest absolute Gasteiger partial charge is 0.496 e. The Bertz CT molecular complexity index is 871. The molecule has 2 aromatic rings. The highest BCUT2D eigenvalue weighted by atomic mass is 19.1. The number of ether oxygens (including phenoxy) is 2. The van der Waals surface area contributed by atoms with Crippen molar-refractivity contribution in [3.63, 3.8) is 0 Å². The van der Waals surface area contributed by atoms with Crippen LogP contribution in [0.3, 0.4) is 0 Å². The van der Waals surface area contributed by atoms with Crippen LogP contribution in [0, 0.1) is 17.7 Å². The van der Waals surface area contributed by atoms with Crippen molar-refractivity contribution in [1.82, 2.24) is 0 Å². The third-order valence-electron chi connectivity index (χ3n) is 4.42. The van der Waals surface area contributed by atoms with E-state index in [4.69, 9.17) is 9.47 Å². The van der Waals surface area contributed by atoms with Gasteiger partial charge in [0.25, 0.3) is 0 Å². The van der Waals surface area contributed by atoms with Gasteiger partial charge in [0.2, 0.25) is 0 Å². The van der Waals surface area contributed by atoms with Gasteiger partial charge in [-0.3, -0.25) is 9.59 Å². The summed E-state index contributed by atoms with van der Waals surface area (Å²) in [4.78, 5) is 25.3. The number of carbonyl (C=O) groups is 2. The predicted molar refractivity (Wildman–Crippen MR) is 111 cm³/mol. The van der Waals surface area contributed by atoms with Crippen LogP contribution in [0.15, 0.2) is 36.4 Å². The fourth-order valence-electron chi connectivity index (χ4n) is 3.14. The van der Waals surface area contributed by atoms with Gasteiger partial charge in [0.1, 0.15) is 23.9 Å². The number of ketones is 2. The quantitative estimate of drug-likeness (QED) is 0.468. The molecule has 2 rings (SSSR count). The maximum Gasteiger partial charge on any atom is 0.167 e. The SMILES string of the molecule is COc1cccc(COc2ccc(F)cc2C(=O)CC(C)C)c1C(=O)CC(C)C. The van der Waals surface area contributed by atoms with Crippen LogP contribution < -0.4 is 9.47 Å². The Hall–Kier alpha value is -2.69. The Morgan fingerprint density at radius 3 is 2.21 bits per heavy atom. The van der Waals surface area contributed by atoms with E-state index >= 15 is 0 Å². The Morgan fingerprint density at radius 2 is 1.59 bits per heavy atom. The van der Waals surface area contributed by atoms with E-state index in [0.717, 1.165) is 0 Å². The normalized spacial score (nSPS) is 11.0. The third kappa shape index (κ3) is 6.14. The Labute approximate surface area is 172 Å². The second kappa shape index (κ2) is 10.2. The first kappa shape index (κ1) is 22.6. The van der Waals surface area contributed by atoms with E-state index in [2.05, 4.69) is 0 Å². The Morgan fingerprint density at radius 1 is 0.931 bits per heavy atom. The summed E-state index contributed by atoms with van der Waals surface area (Å²) in [5.41, 5.74) is 1.37. The van der Waals surface area contributed by atoms with Crippen LogP contribution in [0.25, 0.3) is 0 Å². The molecule has 156 valence electrons. The summed E-state index contributed by atoms with van der Waals surface area (Å²) in [5.74, 6) is 0.478. The van der Waals surface area contributed by atoms with Crippen LogP contribution >= 0.6 is 0 Å². The first-order valence-electron chi connectivity index (χ1n) is 9.87. The highest BCUT2D eigenvalue weighted by molar-refractivity contribution is 6.00. The lowest BCUT2D eigenvalue weighted by molar-refractivity contribution is 0.0950. The van der Waals surface area contributed by atoms with Crippen LogP contribution in [0.1, 0.15) is 66.8 Å². The minimum Gasteiger partial charge on any atom is -0.496 e. The van der Waals surface area contributed by atoms with Gasteiger partial charge in [-0.25, -0.2) is 4.39 Å². The van der Waals surface area contributed by atoms with E-state index in [0.29, 0.717) is 35.5 Å². The summed E-state index contributed by atoms with van der Waals surface area (Å²) >= 11 is 0. The molecule has 0 unspecified atom stereocenters. The van der Waals surface area contributed by atoms with Crippen LogP contribution in [0.2, 0.25) is 0 Å². The Kier molecular flexibility index (Phi) is 7.94. The van der Waals surface area contributed by atoms with Gasteiger partial charge in [-0.2, -0.15) is 0 Å². The molecule has 0 aliphatic rings. The zero-order valence-electron chi connectivity index (χ0n) is 17.8. The minimum absolute atomic E-state index is 0.0220. The third-order valence-corrected chi connectivity index (χ3v) is 4.42. The number of rotatable bonds is 10.